The van der Waals surface area contributed by atoms with Crippen molar-refractivity contribution in [1.29, 1.82) is 0 Å². The Morgan fingerprint density at radius 2 is 2.35 bits per heavy atom. The minimum absolute atomic E-state index is 0.178. The van der Waals surface area contributed by atoms with Gasteiger partial charge in [0, 0.05) is 25.1 Å². The van der Waals surface area contributed by atoms with Crippen molar-refractivity contribution in [2.45, 2.75) is 18.6 Å². The van der Waals surface area contributed by atoms with Crippen LogP contribution in [0.5, 0.6) is 0 Å². The maximum absolute atomic E-state index is 12.1. The van der Waals surface area contributed by atoms with E-state index in [2.05, 4.69) is 20.7 Å². The zero-order chi connectivity index (χ0) is 13.9. The number of aromatic nitrogens is 3. The normalized spacial score (nSPS) is 21.9. The van der Waals surface area contributed by atoms with Crippen LogP contribution < -0.4 is 10.6 Å². The van der Waals surface area contributed by atoms with E-state index >= 15 is 0 Å². The first-order valence-electron chi connectivity index (χ1n) is 6.41. The average Bonchev–Trinajstić information content (AvgIpc) is 3.10. The van der Waals surface area contributed by atoms with Gasteiger partial charge in [0.15, 0.2) is 5.82 Å². The molecule has 104 valence electrons. The number of pyridine rings is 1. The molecule has 7 heteroatoms. The second-order valence-corrected chi connectivity index (χ2v) is 4.66. The van der Waals surface area contributed by atoms with Gasteiger partial charge in [-0.3, -0.25) is 4.79 Å². The van der Waals surface area contributed by atoms with Gasteiger partial charge in [0.2, 0.25) is 5.91 Å². The summed E-state index contributed by atoms with van der Waals surface area (Å²) < 4.78 is 1.59. The topological polar surface area (TPSA) is 92.1 Å². The van der Waals surface area contributed by atoms with Gasteiger partial charge < -0.3 is 15.7 Å². The molecule has 2 aromatic rings. The van der Waals surface area contributed by atoms with Crippen molar-refractivity contribution in [2.75, 3.05) is 11.9 Å². The van der Waals surface area contributed by atoms with Gasteiger partial charge in [-0.1, -0.05) is 0 Å². The van der Waals surface area contributed by atoms with Crippen LogP contribution >= 0.6 is 0 Å². The summed E-state index contributed by atoms with van der Waals surface area (Å²) in [7, 11) is 0. The van der Waals surface area contributed by atoms with Gasteiger partial charge in [0.1, 0.15) is 0 Å². The maximum Gasteiger partial charge on any atom is 0.241 e. The Balaban J connectivity index is 1.79. The molecule has 2 atom stereocenters. The number of nitrogens with zero attached hydrogens (tertiary/aromatic N) is 3. The summed E-state index contributed by atoms with van der Waals surface area (Å²) in [6.07, 6.45) is 5.00. The van der Waals surface area contributed by atoms with E-state index < -0.39 is 6.10 Å². The molecule has 1 fully saturated rings. The van der Waals surface area contributed by atoms with E-state index in [9.17, 15) is 9.90 Å². The van der Waals surface area contributed by atoms with Crippen molar-refractivity contribution in [3.05, 3.63) is 36.8 Å². The van der Waals surface area contributed by atoms with Crippen LogP contribution in [0.2, 0.25) is 0 Å². The lowest BCUT2D eigenvalue weighted by Gasteiger charge is -2.13. The highest BCUT2D eigenvalue weighted by Crippen LogP contribution is 2.17. The lowest BCUT2D eigenvalue weighted by molar-refractivity contribution is -0.117. The number of anilines is 1. The molecule has 2 aromatic heterocycles. The molecular formula is C13H15N5O2. The van der Waals surface area contributed by atoms with E-state index in [1.165, 1.54) is 0 Å². The molecule has 1 aliphatic heterocycles. The molecule has 3 N–H and O–H groups in total. The van der Waals surface area contributed by atoms with E-state index in [1.807, 2.05) is 0 Å². The number of aliphatic hydroxyl groups excluding tert-OH is 1. The molecule has 1 aliphatic rings. The molecule has 20 heavy (non-hydrogen) atoms. The smallest absolute Gasteiger partial charge is 0.241 e. The molecule has 2 unspecified atom stereocenters. The van der Waals surface area contributed by atoms with Gasteiger partial charge in [-0.15, -0.1) is 0 Å². The van der Waals surface area contributed by atoms with E-state index in [-0.39, 0.29) is 11.9 Å². The van der Waals surface area contributed by atoms with Gasteiger partial charge in [-0.25, -0.2) is 9.67 Å². The largest absolute Gasteiger partial charge is 0.392 e. The average molecular weight is 273 g/mol. The summed E-state index contributed by atoms with van der Waals surface area (Å²) in [4.78, 5) is 16.4. The Bertz CT molecular complexity index is 599. The van der Waals surface area contributed by atoms with E-state index in [0.29, 0.717) is 24.5 Å². The van der Waals surface area contributed by atoms with Gasteiger partial charge in [0.25, 0.3) is 0 Å². The Hall–Kier alpha value is -2.25. The van der Waals surface area contributed by atoms with Crippen molar-refractivity contribution in [1.82, 2.24) is 20.1 Å². The van der Waals surface area contributed by atoms with Crippen LogP contribution in [0.25, 0.3) is 5.82 Å². The quantitative estimate of drug-likeness (QED) is 0.728. The highest BCUT2D eigenvalue weighted by Gasteiger charge is 2.28. The second-order valence-electron chi connectivity index (χ2n) is 4.66. The zero-order valence-electron chi connectivity index (χ0n) is 10.7. The van der Waals surface area contributed by atoms with Crippen LogP contribution in [0.15, 0.2) is 36.8 Å². The third kappa shape index (κ3) is 2.54. The molecular weight excluding hydrogens is 258 g/mol. The number of carbonyl (C=O) groups excluding carboxylic acids is 1. The van der Waals surface area contributed by atoms with Gasteiger partial charge >= 0.3 is 0 Å². The molecule has 0 bridgehead atoms. The SMILES string of the molecule is O=C(Nc1cccnc1-n1cccn1)C1CC(O)CN1. The minimum Gasteiger partial charge on any atom is -0.392 e. The van der Waals surface area contributed by atoms with Crippen molar-refractivity contribution >= 4 is 11.6 Å². The van der Waals surface area contributed by atoms with Crippen LogP contribution in [0.1, 0.15) is 6.42 Å². The molecule has 0 aliphatic carbocycles. The molecule has 0 radical (unpaired) electrons. The summed E-state index contributed by atoms with van der Waals surface area (Å²) >= 11 is 0. The summed E-state index contributed by atoms with van der Waals surface area (Å²) in [5, 5.41) is 19.4. The van der Waals surface area contributed by atoms with Crippen molar-refractivity contribution in [3.8, 4) is 5.82 Å². The summed E-state index contributed by atoms with van der Waals surface area (Å²) in [5.74, 6) is 0.382. The van der Waals surface area contributed by atoms with Gasteiger partial charge in [-0.05, 0) is 24.6 Å². The summed E-state index contributed by atoms with van der Waals surface area (Å²) in [5.41, 5.74) is 0.587. The second kappa shape index (κ2) is 5.40. The molecule has 0 saturated carbocycles. The fourth-order valence-electron chi connectivity index (χ4n) is 2.21. The van der Waals surface area contributed by atoms with Crippen molar-refractivity contribution in [3.63, 3.8) is 0 Å². The zero-order valence-corrected chi connectivity index (χ0v) is 10.7. The van der Waals surface area contributed by atoms with E-state index in [0.717, 1.165) is 0 Å². The van der Waals surface area contributed by atoms with Gasteiger partial charge in [-0.2, -0.15) is 5.10 Å². The molecule has 1 saturated heterocycles. The van der Waals surface area contributed by atoms with Crippen LogP contribution in [0.4, 0.5) is 5.69 Å². The number of carbonyl (C=O) groups is 1. The summed E-state index contributed by atoms with van der Waals surface area (Å²) in [6.45, 7) is 0.442. The highest BCUT2D eigenvalue weighted by atomic mass is 16.3. The highest BCUT2D eigenvalue weighted by molar-refractivity contribution is 5.96. The first-order valence-corrected chi connectivity index (χ1v) is 6.41. The molecule has 0 aromatic carbocycles. The number of rotatable bonds is 3. The first-order chi connectivity index (χ1) is 9.74. The molecule has 1 amide bonds. The molecule has 0 spiro atoms. The Kier molecular flexibility index (Phi) is 3.44. The lowest BCUT2D eigenvalue weighted by atomic mass is 10.2. The molecule has 3 heterocycles. The van der Waals surface area contributed by atoms with Crippen molar-refractivity contribution in [2.24, 2.45) is 0 Å². The van der Waals surface area contributed by atoms with E-state index in [1.54, 1.807) is 41.5 Å². The Morgan fingerprint density at radius 1 is 1.45 bits per heavy atom. The monoisotopic (exact) mass is 273 g/mol. The van der Waals surface area contributed by atoms with Gasteiger partial charge in [0.05, 0.1) is 17.8 Å². The van der Waals surface area contributed by atoms with Crippen molar-refractivity contribution < 1.29 is 9.90 Å². The van der Waals surface area contributed by atoms with Crippen LogP contribution in [0, 0.1) is 0 Å². The standard InChI is InChI=1S/C13H15N5O2/c19-9-7-11(15-8-9)13(20)17-10-3-1-4-14-12(10)18-6-2-5-16-18/h1-6,9,11,15,19H,7-8H2,(H,17,20). The maximum atomic E-state index is 12.1. The van der Waals surface area contributed by atoms with Crippen LogP contribution in [-0.2, 0) is 4.79 Å². The number of nitrogens with one attached hydrogen (secondary N) is 2. The number of aliphatic hydroxyl groups is 1. The Morgan fingerprint density at radius 3 is 3.05 bits per heavy atom. The fourth-order valence-corrected chi connectivity index (χ4v) is 2.21. The Labute approximate surface area is 115 Å². The number of β-amino-alcohol motifs (C(OH)–C–C–N with tert-alkyl or cyclic N) is 1. The van der Waals surface area contributed by atoms with E-state index in [4.69, 9.17) is 0 Å². The number of hydrogen-bond acceptors (Lipinski definition) is 5. The fraction of sp³-hybridized carbons (Fsp3) is 0.308. The molecule has 3 rings (SSSR count). The molecule has 7 nitrogen and oxygen atoms in total. The first kappa shape index (κ1) is 12.8. The summed E-state index contributed by atoms with van der Waals surface area (Å²) in [6, 6.07) is 4.93. The third-order valence-corrected chi connectivity index (χ3v) is 3.19. The third-order valence-electron chi connectivity index (χ3n) is 3.19. The predicted octanol–water partition coefficient (Wildman–Crippen LogP) is -0.0714. The van der Waals surface area contributed by atoms with Crippen LogP contribution in [-0.4, -0.2) is 44.5 Å². The number of hydrogen-bond donors (Lipinski definition) is 3. The number of amides is 1. The lowest BCUT2D eigenvalue weighted by Crippen LogP contribution is -2.35. The minimum atomic E-state index is -0.467. The van der Waals surface area contributed by atoms with Crippen LogP contribution in [0.3, 0.4) is 0 Å². The predicted molar refractivity (Wildman–Crippen MR) is 72.4 cm³/mol.